The lowest BCUT2D eigenvalue weighted by atomic mass is 10.0. The van der Waals surface area contributed by atoms with Gasteiger partial charge in [-0.1, -0.05) is 72.8 Å². The molecule has 1 atom stereocenters. The number of fused-ring (bicyclic) bond motifs is 4. The summed E-state index contributed by atoms with van der Waals surface area (Å²) in [6, 6.07) is 28.2. The molecule has 33 heavy (non-hydrogen) atoms. The van der Waals surface area contributed by atoms with Crippen LogP contribution in [0.25, 0.3) is 32.7 Å². The van der Waals surface area contributed by atoms with Crippen LogP contribution in [0.3, 0.4) is 0 Å². The second-order valence-corrected chi connectivity index (χ2v) is 8.18. The van der Waals surface area contributed by atoms with Crippen molar-refractivity contribution in [1.29, 1.82) is 0 Å². The highest BCUT2D eigenvalue weighted by Crippen LogP contribution is 2.29. The second kappa shape index (κ2) is 9.29. The van der Waals surface area contributed by atoms with Gasteiger partial charge in [0.1, 0.15) is 11.2 Å². The number of furan rings is 1. The third-order valence-electron chi connectivity index (χ3n) is 6.05. The summed E-state index contributed by atoms with van der Waals surface area (Å²) in [5, 5.41) is 4.66. The van der Waals surface area contributed by atoms with E-state index < -0.39 is 6.04 Å². The predicted octanol–water partition coefficient (Wildman–Crippen LogP) is 6.53. The summed E-state index contributed by atoms with van der Waals surface area (Å²) in [6.45, 7) is 0. The molecule has 1 heterocycles. The van der Waals surface area contributed by atoms with E-state index in [9.17, 15) is 4.79 Å². The molecule has 5 rings (SSSR count). The number of nitrogens with zero attached hydrogens (tertiary/aromatic N) is 1. The summed E-state index contributed by atoms with van der Waals surface area (Å²) < 4.78 is 11.0. The number of esters is 1. The third kappa shape index (κ3) is 4.37. The lowest BCUT2D eigenvalue weighted by Crippen LogP contribution is -2.23. The number of carbonyl (C=O) groups is 1. The number of aliphatic imine (C=N–C) groups is 1. The summed E-state index contributed by atoms with van der Waals surface area (Å²) in [4.78, 5) is 17.0. The zero-order chi connectivity index (χ0) is 22.6. The van der Waals surface area contributed by atoms with Gasteiger partial charge in [0.2, 0.25) is 0 Å². The zero-order valence-corrected chi connectivity index (χ0v) is 18.5. The minimum atomic E-state index is -0.579. The van der Waals surface area contributed by atoms with Crippen LogP contribution < -0.4 is 0 Å². The molecule has 0 aliphatic rings. The number of rotatable bonds is 7. The summed E-state index contributed by atoms with van der Waals surface area (Å²) >= 11 is 0. The van der Waals surface area contributed by atoms with E-state index in [2.05, 4.69) is 59.6 Å². The maximum atomic E-state index is 12.4. The van der Waals surface area contributed by atoms with Crippen molar-refractivity contribution >= 4 is 44.9 Å². The second-order valence-electron chi connectivity index (χ2n) is 8.18. The highest BCUT2D eigenvalue weighted by atomic mass is 16.5. The van der Waals surface area contributed by atoms with Crippen LogP contribution in [0.1, 0.15) is 17.5 Å². The quantitative estimate of drug-likeness (QED) is 0.216. The van der Waals surface area contributed by atoms with Gasteiger partial charge in [-0.25, -0.2) is 4.79 Å². The average Bonchev–Trinajstić information content (AvgIpc) is 3.23. The molecule has 0 fully saturated rings. The van der Waals surface area contributed by atoms with Gasteiger partial charge in [0, 0.05) is 23.4 Å². The molecule has 0 amide bonds. The van der Waals surface area contributed by atoms with Crippen LogP contribution in [-0.2, 0) is 22.4 Å². The Kier molecular flexibility index (Phi) is 5.90. The van der Waals surface area contributed by atoms with Crippen LogP contribution in [0.4, 0.5) is 0 Å². The van der Waals surface area contributed by atoms with Gasteiger partial charge in [-0.05, 0) is 46.9 Å². The van der Waals surface area contributed by atoms with E-state index in [4.69, 9.17) is 9.15 Å². The molecule has 0 radical (unpaired) electrons. The van der Waals surface area contributed by atoms with E-state index in [0.717, 1.165) is 40.3 Å². The van der Waals surface area contributed by atoms with Gasteiger partial charge in [0.25, 0.3) is 0 Å². The minimum absolute atomic E-state index is 0.332. The van der Waals surface area contributed by atoms with Crippen molar-refractivity contribution in [2.45, 2.75) is 25.3 Å². The van der Waals surface area contributed by atoms with Crippen LogP contribution in [0.2, 0.25) is 0 Å². The molecule has 4 nitrogen and oxygen atoms in total. The average molecular weight is 436 g/mol. The molecule has 0 spiro atoms. The SMILES string of the molecule is COC(=O)[C@H](Cc1ccc2c(c1)oc1ccccc12)N=CCCc1cccc2ccccc12. The highest BCUT2D eigenvalue weighted by molar-refractivity contribution is 6.04. The molecule has 0 saturated carbocycles. The summed E-state index contributed by atoms with van der Waals surface area (Å²) in [7, 11) is 1.41. The molecule has 0 unspecified atom stereocenters. The number of hydrogen-bond donors (Lipinski definition) is 0. The molecular weight excluding hydrogens is 410 g/mol. The van der Waals surface area contributed by atoms with Crippen molar-refractivity contribution in [2.75, 3.05) is 7.11 Å². The Bertz CT molecular complexity index is 1460. The summed E-state index contributed by atoms with van der Waals surface area (Å²) in [5.74, 6) is -0.332. The topological polar surface area (TPSA) is 51.8 Å². The number of para-hydroxylation sites is 1. The lowest BCUT2D eigenvalue weighted by molar-refractivity contribution is -0.142. The van der Waals surface area contributed by atoms with Gasteiger partial charge in [0.15, 0.2) is 6.04 Å². The van der Waals surface area contributed by atoms with Crippen molar-refractivity contribution < 1.29 is 13.9 Å². The molecule has 4 aromatic carbocycles. The minimum Gasteiger partial charge on any atom is -0.467 e. The lowest BCUT2D eigenvalue weighted by Gasteiger charge is -2.10. The molecule has 1 aromatic heterocycles. The van der Waals surface area contributed by atoms with Crippen LogP contribution in [-0.4, -0.2) is 25.3 Å². The molecule has 0 aliphatic carbocycles. The Morgan fingerprint density at radius 1 is 0.909 bits per heavy atom. The Morgan fingerprint density at radius 3 is 2.55 bits per heavy atom. The van der Waals surface area contributed by atoms with Gasteiger partial charge in [-0.2, -0.15) is 0 Å². The molecular formula is C29H25NO3. The van der Waals surface area contributed by atoms with Crippen LogP contribution in [0.5, 0.6) is 0 Å². The first-order valence-electron chi connectivity index (χ1n) is 11.2. The summed E-state index contributed by atoms with van der Waals surface area (Å²) in [5.41, 5.74) is 3.95. The van der Waals surface area contributed by atoms with Gasteiger partial charge >= 0.3 is 5.97 Å². The summed E-state index contributed by atoms with van der Waals surface area (Å²) in [6.07, 6.45) is 3.93. The maximum Gasteiger partial charge on any atom is 0.330 e. The smallest absolute Gasteiger partial charge is 0.330 e. The van der Waals surface area contributed by atoms with Crippen LogP contribution in [0, 0.1) is 0 Å². The maximum absolute atomic E-state index is 12.4. The van der Waals surface area contributed by atoms with Gasteiger partial charge in [-0.15, -0.1) is 0 Å². The first-order valence-corrected chi connectivity index (χ1v) is 11.2. The van der Waals surface area contributed by atoms with E-state index in [1.807, 2.05) is 36.5 Å². The third-order valence-corrected chi connectivity index (χ3v) is 6.05. The largest absolute Gasteiger partial charge is 0.467 e. The van der Waals surface area contributed by atoms with Gasteiger partial charge < -0.3 is 9.15 Å². The van der Waals surface area contributed by atoms with E-state index in [-0.39, 0.29) is 5.97 Å². The van der Waals surface area contributed by atoms with E-state index in [1.54, 1.807) is 0 Å². The first kappa shape index (κ1) is 21.0. The fourth-order valence-corrected chi connectivity index (χ4v) is 4.39. The van der Waals surface area contributed by atoms with Crippen LogP contribution >= 0.6 is 0 Å². The number of methoxy groups -OCH3 is 1. The normalized spacial score (nSPS) is 12.6. The first-order chi connectivity index (χ1) is 16.2. The standard InChI is InChI=1S/C29H25NO3/c1-32-29(31)26(30-17-7-11-22-10-6-9-21-8-2-3-12-23(21)22)18-20-15-16-25-24-13-4-5-14-27(24)33-28(25)19-20/h2-6,8-10,12-17,19,26H,7,11,18H2,1H3/t26-/m0/s1. The van der Waals surface area contributed by atoms with Crippen LogP contribution in [0.15, 0.2) is 94.3 Å². The molecule has 0 saturated heterocycles. The Balaban J connectivity index is 1.31. The van der Waals surface area contributed by atoms with E-state index in [1.165, 1.54) is 23.4 Å². The Hall–Kier alpha value is -3.92. The monoisotopic (exact) mass is 435 g/mol. The van der Waals surface area contributed by atoms with Crippen molar-refractivity contribution in [3.8, 4) is 0 Å². The van der Waals surface area contributed by atoms with Crippen molar-refractivity contribution in [1.82, 2.24) is 0 Å². The van der Waals surface area contributed by atoms with Crippen molar-refractivity contribution in [3.63, 3.8) is 0 Å². The molecule has 5 aromatic rings. The molecule has 0 N–H and O–H groups in total. The predicted molar refractivity (Wildman–Crippen MR) is 134 cm³/mol. The molecule has 164 valence electrons. The fraction of sp³-hybridized carbons (Fsp3) is 0.172. The molecule has 0 aliphatic heterocycles. The zero-order valence-electron chi connectivity index (χ0n) is 18.5. The Morgan fingerprint density at radius 2 is 1.67 bits per heavy atom. The van der Waals surface area contributed by atoms with Gasteiger partial charge in [-0.3, -0.25) is 4.99 Å². The molecule has 0 bridgehead atoms. The number of carbonyl (C=O) groups excluding carboxylic acids is 1. The number of benzene rings is 4. The highest BCUT2D eigenvalue weighted by Gasteiger charge is 2.19. The van der Waals surface area contributed by atoms with E-state index in [0.29, 0.717) is 6.42 Å². The molecule has 4 heteroatoms. The van der Waals surface area contributed by atoms with E-state index >= 15 is 0 Å². The van der Waals surface area contributed by atoms with Gasteiger partial charge in [0.05, 0.1) is 7.11 Å². The van der Waals surface area contributed by atoms with Crippen molar-refractivity contribution in [2.24, 2.45) is 4.99 Å². The van der Waals surface area contributed by atoms with Crippen molar-refractivity contribution in [3.05, 3.63) is 96.1 Å². The Labute approximate surface area is 192 Å². The fourth-order valence-electron chi connectivity index (χ4n) is 4.39. The number of ether oxygens (including phenoxy) is 1. The number of aryl methyl sites for hydroxylation is 1. The number of hydrogen-bond acceptors (Lipinski definition) is 4.